The van der Waals surface area contributed by atoms with Gasteiger partial charge in [0.05, 0.1) is 0 Å². The van der Waals surface area contributed by atoms with Crippen LogP contribution in [0.2, 0.25) is 0 Å². The van der Waals surface area contributed by atoms with Crippen molar-refractivity contribution in [2.24, 2.45) is 0 Å². The van der Waals surface area contributed by atoms with Gasteiger partial charge in [0, 0.05) is 22.6 Å². The van der Waals surface area contributed by atoms with Crippen molar-refractivity contribution < 1.29 is 4.79 Å². The third-order valence-electron chi connectivity index (χ3n) is 2.33. The maximum absolute atomic E-state index is 11.8. The predicted octanol–water partition coefficient (Wildman–Crippen LogP) is 4.11. The van der Waals surface area contributed by atoms with Gasteiger partial charge in [-0.25, -0.2) is 0 Å². The first-order valence-corrected chi connectivity index (χ1v) is 7.24. The minimum atomic E-state index is 0.228. The first kappa shape index (κ1) is 12.9. The SMILES string of the molecule is CCc1ccc(CBr)cc1C(=O)CCBr. The first-order valence-electron chi connectivity index (χ1n) is 4.99. The van der Waals surface area contributed by atoms with Gasteiger partial charge >= 0.3 is 0 Å². The van der Waals surface area contributed by atoms with Crippen LogP contribution in [-0.2, 0) is 11.8 Å². The van der Waals surface area contributed by atoms with Crippen molar-refractivity contribution in [1.29, 1.82) is 0 Å². The van der Waals surface area contributed by atoms with E-state index in [0.29, 0.717) is 6.42 Å². The van der Waals surface area contributed by atoms with Gasteiger partial charge in [0.15, 0.2) is 5.78 Å². The van der Waals surface area contributed by atoms with E-state index in [1.807, 2.05) is 6.07 Å². The van der Waals surface area contributed by atoms with Gasteiger partial charge in [-0.1, -0.05) is 50.9 Å². The van der Waals surface area contributed by atoms with Crippen molar-refractivity contribution in [3.63, 3.8) is 0 Å². The molecular formula is C12H14Br2O. The largest absolute Gasteiger partial charge is 0.294 e. The molecule has 0 aliphatic rings. The van der Waals surface area contributed by atoms with Crippen LogP contribution in [-0.4, -0.2) is 11.1 Å². The summed E-state index contributed by atoms with van der Waals surface area (Å²) in [5, 5.41) is 1.53. The standard InChI is InChI=1S/C12H14Br2O/c1-2-10-4-3-9(8-14)7-11(10)12(15)5-6-13/h3-4,7H,2,5-6,8H2,1H3. The molecule has 0 N–H and O–H groups in total. The van der Waals surface area contributed by atoms with Crippen LogP contribution >= 0.6 is 31.9 Å². The Morgan fingerprint density at radius 3 is 2.60 bits per heavy atom. The van der Waals surface area contributed by atoms with Crippen molar-refractivity contribution in [3.8, 4) is 0 Å². The Balaban J connectivity index is 3.05. The van der Waals surface area contributed by atoms with Gasteiger partial charge in [0.1, 0.15) is 0 Å². The van der Waals surface area contributed by atoms with Crippen molar-refractivity contribution >= 4 is 37.6 Å². The fourth-order valence-corrected chi connectivity index (χ4v) is 2.20. The lowest BCUT2D eigenvalue weighted by molar-refractivity contribution is 0.0989. The van der Waals surface area contributed by atoms with Crippen LogP contribution in [0.25, 0.3) is 0 Å². The van der Waals surface area contributed by atoms with E-state index < -0.39 is 0 Å². The molecular weight excluding hydrogens is 320 g/mol. The van der Waals surface area contributed by atoms with E-state index in [0.717, 1.165) is 33.8 Å². The highest BCUT2D eigenvalue weighted by molar-refractivity contribution is 9.09. The van der Waals surface area contributed by atoms with Gasteiger partial charge in [-0.2, -0.15) is 0 Å². The zero-order valence-electron chi connectivity index (χ0n) is 8.72. The summed E-state index contributed by atoms with van der Waals surface area (Å²) in [5.41, 5.74) is 3.18. The number of rotatable bonds is 5. The molecule has 0 unspecified atom stereocenters. The summed E-state index contributed by atoms with van der Waals surface area (Å²) < 4.78 is 0. The zero-order chi connectivity index (χ0) is 11.3. The molecule has 0 atom stereocenters. The van der Waals surface area contributed by atoms with Gasteiger partial charge in [0.2, 0.25) is 0 Å². The Bertz CT molecular complexity index is 347. The summed E-state index contributed by atoms with van der Waals surface area (Å²) in [6.45, 7) is 2.08. The smallest absolute Gasteiger partial charge is 0.163 e. The highest BCUT2D eigenvalue weighted by Crippen LogP contribution is 2.17. The molecule has 0 amide bonds. The summed E-state index contributed by atoms with van der Waals surface area (Å²) in [4.78, 5) is 11.8. The van der Waals surface area contributed by atoms with Gasteiger partial charge < -0.3 is 0 Å². The second-order valence-electron chi connectivity index (χ2n) is 3.34. The molecule has 1 nitrogen and oxygen atoms in total. The van der Waals surface area contributed by atoms with Crippen LogP contribution in [0.1, 0.15) is 34.8 Å². The first-order chi connectivity index (χ1) is 7.22. The Morgan fingerprint density at radius 1 is 1.33 bits per heavy atom. The third kappa shape index (κ3) is 3.42. The van der Waals surface area contributed by atoms with Crippen LogP contribution in [0.3, 0.4) is 0 Å². The summed E-state index contributed by atoms with van der Waals surface area (Å²) in [5.74, 6) is 0.228. The predicted molar refractivity (Wildman–Crippen MR) is 71.2 cm³/mol. The number of aryl methyl sites for hydroxylation is 1. The fraction of sp³-hybridized carbons (Fsp3) is 0.417. The molecule has 0 heterocycles. The molecule has 0 bridgehead atoms. The van der Waals surface area contributed by atoms with Crippen molar-refractivity contribution in [3.05, 3.63) is 34.9 Å². The minimum Gasteiger partial charge on any atom is -0.294 e. The van der Waals surface area contributed by atoms with E-state index in [4.69, 9.17) is 0 Å². The lowest BCUT2D eigenvalue weighted by Crippen LogP contribution is -2.04. The van der Waals surface area contributed by atoms with E-state index in [9.17, 15) is 4.79 Å². The van der Waals surface area contributed by atoms with Crippen LogP contribution in [0.15, 0.2) is 18.2 Å². The summed E-state index contributed by atoms with van der Waals surface area (Å²) in [6, 6.07) is 6.12. The molecule has 82 valence electrons. The fourth-order valence-electron chi connectivity index (χ4n) is 1.50. The van der Waals surface area contributed by atoms with Crippen LogP contribution < -0.4 is 0 Å². The zero-order valence-corrected chi connectivity index (χ0v) is 11.9. The van der Waals surface area contributed by atoms with Crippen molar-refractivity contribution in [1.82, 2.24) is 0 Å². The maximum atomic E-state index is 11.8. The normalized spacial score (nSPS) is 10.3. The van der Waals surface area contributed by atoms with Crippen molar-refractivity contribution in [2.75, 3.05) is 5.33 Å². The van der Waals surface area contributed by atoms with E-state index >= 15 is 0 Å². The third-order valence-corrected chi connectivity index (χ3v) is 3.38. The summed E-state index contributed by atoms with van der Waals surface area (Å²) in [6.07, 6.45) is 1.48. The van der Waals surface area contributed by atoms with E-state index in [1.165, 1.54) is 0 Å². The number of hydrogen-bond donors (Lipinski definition) is 0. The number of hydrogen-bond acceptors (Lipinski definition) is 1. The van der Waals surface area contributed by atoms with E-state index in [1.54, 1.807) is 0 Å². The number of benzene rings is 1. The van der Waals surface area contributed by atoms with Gasteiger partial charge in [-0.05, 0) is 23.6 Å². The highest BCUT2D eigenvalue weighted by Gasteiger charge is 2.10. The molecule has 0 aromatic heterocycles. The highest BCUT2D eigenvalue weighted by atomic mass is 79.9. The number of halogens is 2. The number of ketones is 1. The topological polar surface area (TPSA) is 17.1 Å². The molecule has 0 spiro atoms. The van der Waals surface area contributed by atoms with Crippen LogP contribution in [0.5, 0.6) is 0 Å². The van der Waals surface area contributed by atoms with Crippen LogP contribution in [0, 0.1) is 0 Å². The average molecular weight is 334 g/mol. The monoisotopic (exact) mass is 332 g/mol. The lowest BCUT2D eigenvalue weighted by atomic mass is 9.98. The van der Waals surface area contributed by atoms with Gasteiger partial charge in [-0.3, -0.25) is 4.79 Å². The molecule has 0 aliphatic carbocycles. The molecule has 1 aromatic carbocycles. The number of carbonyl (C=O) groups excluding carboxylic acids is 1. The van der Waals surface area contributed by atoms with Gasteiger partial charge in [-0.15, -0.1) is 0 Å². The number of carbonyl (C=O) groups is 1. The van der Waals surface area contributed by atoms with E-state index in [-0.39, 0.29) is 5.78 Å². The molecule has 0 saturated heterocycles. The Kier molecular flexibility index (Phi) is 5.54. The molecule has 1 aromatic rings. The molecule has 1 rings (SSSR count). The quantitative estimate of drug-likeness (QED) is 0.585. The second-order valence-corrected chi connectivity index (χ2v) is 4.69. The molecule has 0 fully saturated rings. The Labute approximate surface area is 108 Å². The Hall–Kier alpha value is -0.150. The number of alkyl halides is 2. The maximum Gasteiger partial charge on any atom is 0.163 e. The molecule has 3 heteroatoms. The molecule has 15 heavy (non-hydrogen) atoms. The van der Waals surface area contributed by atoms with Crippen LogP contribution in [0.4, 0.5) is 0 Å². The summed E-state index contributed by atoms with van der Waals surface area (Å²) in [7, 11) is 0. The second kappa shape index (κ2) is 6.44. The number of Topliss-reactive ketones (excluding diaryl/α,β-unsaturated/α-hetero) is 1. The molecule has 0 radical (unpaired) electrons. The average Bonchev–Trinajstić information content (AvgIpc) is 2.28. The summed E-state index contributed by atoms with van der Waals surface area (Å²) >= 11 is 6.70. The van der Waals surface area contributed by atoms with E-state index in [2.05, 4.69) is 50.9 Å². The molecule has 0 saturated carbocycles. The van der Waals surface area contributed by atoms with Crippen molar-refractivity contribution in [2.45, 2.75) is 25.1 Å². The Morgan fingerprint density at radius 2 is 2.07 bits per heavy atom. The lowest BCUT2D eigenvalue weighted by Gasteiger charge is -2.07. The minimum absolute atomic E-state index is 0.228. The molecule has 0 aliphatic heterocycles. The van der Waals surface area contributed by atoms with Gasteiger partial charge in [0.25, 0.3) is 0 Å².